The smallest absolute Gasteiger partial charge is 0.316 e. The Labute approximate surface area is 122 Å². The lowest BCUT2D eigenvalue weighted by Gasteiger charge is -2.22. The van der Waals surface area contributed by atoms with Gasteiger partial charge in [0.05, 0.1) is 16.5 Å². The van der Waals surface area contributed by atoms with E-state index in [4.69, 9.17) is 4.74 Å². The van der Waals surface area contributed by atoms with Crippen molar-refractivity contribution < 1.29 is 24.2 Å². The molecule has 0 aliphatic heterocycles. The number of hydrogen-bond acceptors (Lipinski definition) is 5. The maximum Gasteiger partial charge on any atom is 0.316 e. The third kappa shape index (κ3) is 2.59. The molecule has 0 spiro atoms. The average Bonchev–Trinajstić information content (AvgIpc) is 2.44. The lowest BCUT2D eigenvalue weighted by molar-refractivity contribution is -0.144. The first kappa shape index (κ1) is 15.0. The van der Waals surface area contributed by atoms with Crippen LogP contribution < -0.4 is 4.74 Å². The van der Waals surface area contributed by atoms with Gasteiger partial charge < -0.3 is 9.84 Å². The van der Waals surface area contributed by atoms with Crippen LogP contribution in [0.25, 0.3) is 0 Å². The number of esters is 1. The second kappa shape index (κ2) is 5.16. The summed E-state index contributed by atoms with van der Waals surface area (Å²) in [6.07, 6.45) is 2.76. The van der Waals surface area contributed by atoms with E-state index >= 15 is 0 Å². The van der Waals surface area contributed by atoms with E-state index in [0.29, 0.717) is 6.42 Å². The first-order valence-corrected chi connectivity index (χ1v) is 6.63. The molecule has 0 unspecified atom stereocenters. The van der Waals surface area contributed by atoms with Gasteiger partial charge in [-0.2, -0.15) is 0 Å². The van der Waals surface area contributed by atoms with Crippen LogP contribution >= 0.6 is 0 Å². The van der Waals surface area contributed by atoms with Crippen LogP contribution in [-0.2, 0) is 4.79 Å². The van der Waals surface area contributed by atoms with E-state index in [0.717, 1.165) is 12.2 Å². The number of benzene rings is 1. The summed E-state index contributed by atoms with van der Waals surface area (Å²) in [6, 6.07) is 2.56. The highest BCUT2D eigenvalue weighted by Crippen LogP contribution is 2.34. The van der Waals surface area contributed by atoms with Crippen LogP contribution in [0.3, 0.4) is 0 Å². The van der Waals surface area contributed by atoms with Gasteiger partial charge in [-0.15, -0.1) is 0 Å². The second-order valence-electron chi connectivity index (χ2n) is 5.52. The number of phenolic OH excluding ortho intramolecular Hbond substituents is 1. The molecule has 0 bridgehead atoms. The van der Waals surface area contributed by atoms with Crippen LogP contribution in [0.5, 0.6) is 11.5 Å². The minimum absolute atomic E-state index is 0.00275. The van der Waals surface area contributed by atoms with Crippen LogP contribution in [0.1, 0.15) is 47.9 Å². The number of hydrogen-bond donors (Lipinski definition) is 1. The molecule has 0 heterocycles. The van der Waals surface area contributed by atoms with Crippen LogP contribution in [0.2, 0.25) is 0 Å². The lowest BCUT2D eigenvalue weighted by Crippen LogP contribution is -2.29. The Balaban J connectivity index is 2.49. The summed E-state index contributed by atoms with van der Waals surface area (Å²) in [6.45, 7) is 5.31. The van der Waals surface area contributed by atoms with Gasteiger partial charge in [-0.3, -0.25) is 14.4 Å². The second-order valence-corrected chi connectivity index (χ2v) is 5.52. The zero-order chi connectivity index (χ0) is 15.8. The molecular formula is C16H16O5. The number of rotatable bonds is 3. The molecule has 1 aromatic carbocycles. The Morgan fingerprint density at radius 2 is 1.71 bits per heavy atom. The largest absolute Gasteiger partial charge is 0.507 e. The number of ketones is 2. The van der Waals surface area contributed by atoms with E-state index < -0.39 is 23.0 Å². The standard InChI is InChI=1S/C16H16O5/c1-4-16(2,3)15(20)21-12-8-7-10(18)13-9(17)5-6-11(19)14(12)13/h5-8,18H,4H2,1-3H3. The Hall–Kier alpha value is -2.43. The number of aromatic hydroxyl groups is 1. The van der Waals surface area contributed by atoms with Crippen molar-refractivity contribution in [2.24, 2.45) is 5.41 Å². The van der Waals surface area contributed by atoms with Crippen molar-refractivity contribution in [3.63, 3.8) is 0 Å². The van der Waals surface area contributed by atoms with Crippen LogP contribution in [0, 0.1) is 5.41 Å². The zero-order valence-corrected chi connectivity index (χ0v) is 12.1. The molecule has 0 aromatic heterocycles. The van der Waals surface area contributed by atoms with Crippen LogP contribution in [0.15, 0.2) is 24.3 Å². The predicted octanol–water partition coefficient (Wildman–Crippen LogP) is 2.67. The fourth-order valence-corrected chi connectivity index (χ4v) is 1.85. The molecule has 5 heteroatoms. The number of ether oxygens (including phenoxy) is 1. The van der Waals surface area contributed by atoms with Crippen molar-refractivity contribution >= 4 is 17.5 Å². The molecule has 110 valence electrons. The molecule has 0 saturated heterocycles. The third-order valence-electron chi connectivity index (χ3n) is 3.66. The fourth-order valence-electron chi connectivity index (χ4n) is 1.85. The van der Waals surface area contributed by atoms with Crippen molar-refractivity contribution in [2.45, 2.75) is 27.2 Å². The Morgan fingerprint density at radius 3 is 2.29 bits per heavy atom. The minimum atomic E-state index is -0.706. The number of phenols is 1. The number of fused-ring (bicyclic) bond motifs is 1. The maximum absolute atomic E-state index is 12.1. The highest BCUT2D eigenvalue weighted by molar-refractivity contribution is 6.24. The third-order valence-corrected chi connectivity index (χ3v) is 3.66. The van der Waals surface area contributed by atoms with E-state index in [2.05, 4.69) is 0 Å². The fraction of sp³-hybridized carbons (Fsp3) is 0.312. The van der Waals surface area contributed by atoms with E-state index in [-0.39, 0.29) is 22.6 Å². The molecule has 21 heavy (non-hydrogen) atoms. The van der Waals surface area contributed by atoms with Gasteiger partial charge in [-0.1, -0.05) is 6.92 Å². The molecule has 5 nitrogen and oxygen atoms in total. The van der Waals surface area contributed by atoms with Gasteiger partial charge in [-0.25, -0.2) is 0 Å². The summed E-state index contributed by atoms with van der Waals surface area (Å²) in [7, 11) is 0. The molecule has 0 saturated carbocycles. The first-order chi connectivity index (χ1) is 9.77. The van der Waals surface area contributed by atoms with Gasteiger partial charge >= 0.3 is 5.97 Å². The molecule has 1 aliphatic carbocycles. The number of allylic oxidation sites excluding steroid dienone is 2. The van der Waals surface area contributed by atoms with E-state index in [1.54, 1.807) is 13.8 Å². The van der Waals surface area contributed by atoms with Crippen molar-refractivity contribution in [2.75, 3.05) is 0 Å². The summed E-state index contributed by atoms with van der Waals surface area (Å²) < 4.78 is 5.29. The summed E-state index contributed by atoms with van der Waals surface area (Å²) in [4.78, 5) is 35.9. The van der Waals surface area contributed by atoms with Crippen LogP contribution in [0.4, 0.5) is 0 Å². The minimum Gasteiger partial charge on any atom is -0.507 e. The van der Waals surface area contributed by atoms with Gasteiger partial charge in [0.2, 0.25) is 0 Å². The topological polar surface area (TPSA) is 80.7 Å². The zero-order valence-electron chi connectivity index (χ0n) is 12.1. The molecule has 0 amide bonds. The average molecular weight is 288 g/mol. The monoisotopic (exact) mass is 288 g/mol. The molecule has 1 aromatic rings. The normalized spacial score (nSPS) is 14.0. The SMILES string of the molecule is CCC(C)(C)C(=O)Oc1ccc(O)c2c1C(=O)C=CC2=O. The summed E-state index contributed by atoms with van der Waals surface area (Å²) in [5.41, 5.74) is -0.896. The van der Waals surface area contributed by atoms with Gasteiger partial charge in [0.1, 0.15) is 11.5 Å². The predicted molar refractivity (Wildman–Crippen MR) is 75.6 cm³/mol. The molecule has 2 rings (SSSR count). The molecule has 0 fully saturated rings. The summed E-state index contributed by atoms with van der Waals surface area (Å²) in [5, 5.41) is 9.76. The highest BCUT2D eigenvalue weighted by atomic mass is 16.5. The van der Waals surface area contributed by atoms with Crippen molar-refractivity contribution in [1.82, 2.24) is 0 Å². The van der Waals surface area contributed by atoms with Gasteiger partial charge in [0.15, 0.2) is 11.6 Å². The number of carbonyl (C=O) groups excluding carboxylic acids is 3. The molecule has 0 radical (unpaired) electrons. The van der Waals surface area contributed by atoms with Crippen molar-refractivity contribution in [1.29, 1.82) is 0 Å². The van der Waals surface area contributed by atoms with E-state index in [1.165, 1.54) is 12.1 Å². The Morgan fingerprint density at radius 1 is 1.14 bits per heavy atom. The Kier molecular flexibility index (Phi) is 3.68. The lowest BCUT2D eigenvalue weighted by atomic mass is 9.90. The summed E-state index contributed by atoms with van der Waals surface area (Å²) in [5.74, 6) is -1.76. The van der Waals surface area contributed by atoms with Crippen molar-refractivity contribution in [3.8, 4) is 11.5 Å². The Bertz CT molecular complexity index is 667. The van der Waals surface area contributed by atoms with Crippen molar-refractivity contribution in [3.05, 3.63) is 35.4 Å². The maximum atomic E-state index is 12.1. The van der Waals surface area contributed by atoms with Crippen LogP contribution in [-0.4, -0.2) is 22.6 Å². The molecule has 1 N–H and O–H groups in total. The number of carbonyl (C=O) groups is 3. The van der Waals surface area contributed by atoms with E-state index in [9.17, 15) is 19.5 Å². The quantitative estimate of drug-likeness (QED) is 0.683. The summed E-state index contributed by atoms with van der Waals surface area (Å²) >= 11 is 0. The molecular weight excluding hydrogens is 272 g/mol. The highest BCUT2D eigenvalue weighted by Gasteiger charge is 2.32. The molecule has 1 aliphatic rings. The molecule has 0 atom stereocenters. The van der Waals surface area contributed by atoms with Gasteiger partial charge in [0, 0.05) is 0 Å². The van der Waals surface area contributed by atoms with E-state index in [1.807, 2.05) is 6.92 Å². The first-order valence-electron chi connectivity index (χ1n) is 6.63. The van der Waals surface area contributed by atoms with Gasteiger partial charge in [0.25, 0.3) is 0 Å². The van der Waals surface area contributed by atoms with Gasteiger partial charge in [-0.05, 0) is 44.6 Å².